The standard InChI is InChI=1S/C15H19FN2O3/c16-12-1-3-13(4-2-12)21-14-9-18(10-14)15(19)11-17-5-7-20-8-6-17/h1-4,14H,5-11H2. The predicted molar refractivity (Wildman–Crippen MR) is 74.7 cm³/mol. The zero-order chi connectivity index (χ0) is 14.7. The van der Waals surface area contributed by atoms with Gasteiger partial charge in [0.2, 0.25) is 5.91 Å². The van der Waals surface area contributed by atoms with Crippen LogP contribution in [0.4, 0.5) is 4.39 Å². The molecule has 0 unspecified atom stereocenters. The van der Waals surface area contributed by atoms with Crippen LogP contribution in [-0.2, 0) is 9.53 Å². The van der Waals surface area contributed by atoms with Gasteiger partial charge < -0.3 is 14.4 Å². The van der Waals surface area contributed by atoms with Gasteiger partial charge in [-0.25, -0.2) is 4.39 Å². The number of ether oxygens (including phenoxy) is 2. The lowest BCUT2D eigenvalue weighted by Gasteiger charge is -2.40. The third kappa shape index (κ3) is 3.71. The van der Waals surface area contributed by atoms with Crippen molar-refractivity contribution in [2.24, 2.45) is 0 Å². The van der Waals surface area contributed by atoms with Crippen LogP contribution >= 0.6 is 0 Å². The average molecular weight is 294 g/mol. The van der Waals surface area contributed by atoms with Crippen LogP contribution in [0, 0.1) is 5.82 Å². The third-order valence-corrected chi connectivity index (χ3v) is 3.78. The topological polar surface area (TPSA) is 42.0 Å². The maximum atomic E-state index is 12.8. The summed E-state index contributed by atoms with van der Waals surface area (Å²) in [6.45, 7) is 4.67. The number of halogens is 1. The van der Waals surface area contributed by atoms with Crippen molar-refractivity contribution >= 4 is 5.91 Å². The van der Waals surface area contributed by atoms with E-state index in [0.717, 1.165) is 13.1 Å². The molecule has 5 nitrogen and oxygen atoms in total. The predicted octanol–water partition coefficient (Wildman–Crippen LogP) is 0.748. The molecule has 3 rings (SSSR count). The Hall–Kier alpha value is -1.66. The summed E-state index contributed by atoms with van der Waals surface area (Å²) in [4.78, 5) is 16.0. The molecule has 0 saturated carbocycles. The monoisotopic (exact) mass is 294 g/mol. The largest absolute Gasteiger partial charge is 0.487 e. The quantitative estimate of drug-likeness (QED) is 0.822. The Bertz CT molecular complexity index is 482. The summed E-state index contributed by atoms with van der Waals surface area (Å²) < 4.78 is 23.7. The molecule has 21 heavy (non-hydrogen) atoms. The first-order chi connectivity index (χ1) is 10.2. The van der Waals surface area contributed by atoms with E-state index in [2.05, 4.69) is 4.90 Å². The lowest BCUT2D eigenvalue weighted by molar-refractivity contribution is -0.142. The minimum Gasteiger partial charge on any atom is -0.487 e. The zero-order valence-electron chi connectivity index (χ0n) is 11.8. The van der Waals surface area contributed by atoms with Gasteiger partial charge in [-0.15, -0.1) is 0 Å². The smallest absolute Gasteiger partial charge is 0.237 e. The first-order valence-corrected chi connectivity index (χ1v) is 7.21. The highest BCUT2D eigenvalue weighted by Gasteiger charge is 2.32. The Kier molecular flexibility index (Phi) is 4.36. The number of morpholine rings is 1. The normalized spacial score (nSPS) is 20.1. The van der Waals surface area contributed by atoms with Gasteiger partial charge in [0, 0.05) is 13.1 Å². The minimum atomic E-state index is -0.279. The second kappa shape index (κ2) is 6.41. The highest BCUT2D eigenvalue weighted by Crippen LogP contribution is 2.18. The van der Waals surface area contributed by atoms with Gasteiger partial charge in [0.25, 0.3) is 0 Å². The molecule has 0 N–H and O–H groups in total. The SMILES string of the molecule is O=C(CN1CCOCC1)N1CC(Oc2ccc(F)cc2)C1. The fraction of sp³-hybridized carbons (Fsp3) is 0.533. The number of likely N-dealkylation sites (tertiary alicyclic amines) is 1. The summed E-state index contributed by atoms with van der Waals surface area (Å²) in [5, 5.41) is 0. The number of carbonyl (C=O) groups is 1. The van der Waals surface area contributed by atoms with Gasteiger partial charge in [-0.05, 0) is 24.3 Å². The second-order valence-corrected chi connectivity index (χ2v) is 5.38. The highest BCUT2D eigenvalue weighted by atomic mass is 19.1. The number of carbonyl (C=O) groups excluding carboxylic acids is 1. The highest BCUT2D eigenvalue weighted by molar-refractivity contribution is 5.79. The number of hydrogen-bond acceptors (Lipinski definition) is 4. The van der Waals surface area contributed by atoms with E-state index in [9.17, 15) is 9.18 Å². The zero-order valence-corrected chi connectivity index (χ0v) is 11.8. The van der Waals surface area contributed by atoms with Crippen LogP contribution in [0.1, 0.15) is 0 Å². The van der Waals surface area contributed by atoms with Crippen molar-refractivity contribution in [3.63, 3.8) is 0 Å². The fourth-order valence-electron chi connectivity index (χ4n) is 2.47. The van der Waals surface area contributed by atoms with E-state index in [0.29, 0.717) is 38.6 Å². The molecule has 2 fully saturated rings. The summed E-state index contributed by atoms with van der Waals surface area (Å²) in [6, 6.07) is 5.95. The van der Waals surface area contributed by atoms with E-state index in [1.165, 1.54) is 12.1 Å². The molecular weight excluding hydrogens is 275 g/mol. The van der Waals surface area contributed by atoms with E-state index in [1.54, 1.807) is 17.0 Å². The fourth-order valence-corrected chi connectivity index (χ4v) is 2.47. The summed E-state index contributed by atoms with van der Waals surface area (Å²) in [5.74, 6) is 0.496. The van der Waals surface area contributed by atoms with E-state index in [4.69, 9.17) is 9.47 Å². The van der Waals surface area contributed by atoms with E-state index in [1.807, 2.05) is 0 Å². The number of rotatable bonds is 4. The van der Waals surface area contributed by atoms with Crippen molar-refractivity contribution in [2.45, 2.75) is 6.10 Å². The summed E-state index contributed by atoms with van der Waals surface area (Å²) in [6.07, 6.45) is 0.00380. The molecule has 2 saturated heterocycles. The van der Waals surface area contributed by atoms with Crippen LogP contribution in [0.25, 0.3) is 0 Å². The maximum Gasteiger partial charge on any atom is 0.237 e. The van der Waals surface area contributed by atoms with Gasteiger partial charge in [0.15, 0.2) is 0 Å². The Morgan fingerprint density at radius 2 is 1.90 bits per heavy atom. The van der Waals surface area contributed by atoms with Crippen LogP contribution in [0.5, 0.6) is 5.75 Å². The van der Waals surface area contributed by atoms with Gasteiger partial charge >= 0.3 is 0 Å². The molecule has 0 spiro atoms. The van der Waals surface area contributed by atoms with Crippen molar-refractivity contribution < 1.29 is 18.7 Å². The second-order valence-electron chi connectivity index (χ2n) is 5.38. The third-order valence-electron chi connectivity index (χ3n) is 3.78. The van der Waals surface area contributed by atoms with Crippen LogP contribution in [-0.4, -0.2) is 67.7 Å². The van der Waals surface area contributed by atoms with Crippen molar-refractivity contribution in [3.05, 3.63) is 30.1 Å². The van der Waals surface area contributed by atoms with Crippen molar-refractivity contribution in [3.8, 4) is 5.75 Å². The molecule has 0 bridgehead atoms. The molecule has 0 aliphatic carbocycles. The van der Waals surface area contributed by atoms with Gasteiger partial charge in [-0.2, -0.15) is 0 Å². The molecule has 1 amide bonds. The molecule has 2 aliphatic heterocycles. The number of benzene rings is 1. The van der Waals surface area contributed by atoms with Crippen molar-refractivity contribution in [2.75, 3.05) is 45.9 Å². The van der Waals surface area contributed by atoms with Crippen LogP contribution in [0.3, 0.4) is 0 Å². The van der Waals surface area contributed by atoms with Crippen molar-refractivity contribution in [1.29, 1.82) is 0 Å². The van der Waals surface area contributed by atoms with E-state index >= 15 is 0 Å². The van der Waals surface area contributed by atoms with Gasteiger partial charge in [-0.1, -0.05) is 0 Å². The molecular formula is C15H19FN2O3. The number of nitrogens with zero attached hydrogens (tertiary/aromatic N) is 2. The average Bonchev–Trinajstić information content (AvgIpc) is 2.45. The van der Waals surface area contributed by atoms with E-state index < -0.39 is 0 Å². The Morgan fingerprint density at radius 3 is 2.57 bits per heavy atom. The molecule has 0 atom stereocenters. The molecule has 1 aromatic carbocycles. The van der Waals surface area contributed by atoms with Crippen LogP contribution in [0.15, 0.2) is 24.3 Å². The van der Waals surface area contributed by atoms with Gasteiger partial charge in [-0.3, -0.25) is 9.69 Å². The first-order valence-electron chi connectivity index (χ1n) is 7.21. The minimum absolute atomic E-state index is 0.00380. The molecule has 2 aliphatic rings. The van der Waals surface area contributed by atoms with Crippen molar-refractivity contribution in [1.82, 2.24) is 9.80 Å². The first kappa shape index (κ1) is 14.3. The molecule has 0 radical (unpaired) electrons. The Balaban J connectivity index is 1.40. The molecule has 0 aromatic heterocycles. The Morgan fingerprint density at radius 1 is 1.24 bits per heavy atom. The number of amides is 1. The summed E-state index contributed by atoms with van der Waals surface area (Å²) in [7, 11) is 0. The molecule has 2 heterocycles. The summed E-state index contributed by atoms with van der Waals surface area (Å²) in [5.41, 5.74) is 0. The van der Waals surface area contributed by atoms with Gasteiger partial charge in [0.1, 0.15) is 17.7 Å². The number of hydrogen-bond donors (Lipinski definition) is 0. The molecule has 114 valence electrons. The van der Waals surface area contributed by atoms with Crippen LogP contribution < -0.4 is 4.74 Å². The molecule has 6 heteroatoms. The molecule has 1 aromatic rings. The maximum absolute atomic E-state index is 12.8. The van der Waals surface area contributed by atoms with E-state index in [-0.39, 0.29) is 17.8 Å². The summed E-state index contributed by atoms with van der Waals surface area (Å²) >= 11 is 0. The Labute approximate surface area is 123 Å². The lowest BCUT2D eigenvalue weighted by Crippen LogP contribution is -2.58. The van der Waals surface area contributed by atoms with Gasteiger partial charge in [0.05, 0.1) is 32.8 Å². The lowest BCUT2D eigenvalue weighted by atomic mass is 10.1. The van der Waals surface area contributed by atoms with Crippen LogP contribution in [0.2, 0.25) is 0 Å².